The zero-order chi connectivity index (χ0) is 12.8. The largest absolute Gasteiger partial charge is 0.314 e. The molecule has 2 rings (SSSR count). The topological polar surface area (TPSA) is 12.0 Å². The Morgan fingerprint density at radius 1 is 1.00 bits per heavy atom. The van der Waals surface area contributed by atoms with Crippen molar-refractivity contribution in [2.75, 3.05) is 6.54 Å². The smallest absolute Gasteiger partial charge is 0.0136 e. The summed E-state index contributed by atoms with van der Waals surface area (Å²) < 4.78 is 0. The summed E-state index contributed by atoms with van der Waals surface area (Å²) >= 11 is 0. The van der Waals surface area contributed by atoms with Crippen LogP contribution in [0.2, 0.25) is 0 Å². The normalized spacial score (nSPS) is 24.8. The van der Waals surface area contributed by atoms with Gasteiger partial charge in [0.1, 0.15) is 0 Å². The Bertz CT molecular complexity index is 341. The van der Waals surface area contributed by atoms with Crippen molar-refractivity contribution in [1.29, 1.82) is 0 Å². The van der Waals surface area contributed by atoms with Crippen LogP contribution < -0.4 is 5.32 Å². The van der Waals surface area contributed by atoms with Crippen LogP contribution in [-0.4, -0.2) is 12.6 Å². The third kappa shape index (κ3) is 3.35. The number of nitrogens with one attached hydrogen (secondary N) is 1. The van der Waals surface area contributed by atoms with Crippen LogP contribution in [-0.2, 0) is 6.42 Å². The lowest BCUT2D eigenvalue weighted by molar-refractivity contribution is 0.419. The van der Waals surface area contributed by atoms with Crippen LogP contribution in [0.5, 0.6) is 0 Å². The van der Waals surface area contributed by atoms with E-state index in [0.717, 1.165) is 18.9 Å². The van der Waals surface area contributed by atoms with Gasteiger partial charge in [-0.2, -0.15) is 0 Å². The first kappa shape index (κ1) is 13.6. The molecule has 0 heterocycles. The highest BCUT2D eigenvalue weighted by Crippen LogP contribution is 2.32. The molecule has 0 bridgehead atoms. The molecule has 2 atom stereocenters. The molecule has 1 aromatic rings. The van der Waals surface area contributed by atoms with Gasteiger partial charge in [0.2, 0.25) is 0 Å². The van der Waals surface area contributed by atoms with Crippen molar-refractivity contribution in [3.63, 3.8) is 0 Å². The fourth-order valence-electron chi connectivity index (χ4n) is 3.21. The Balaban J connectivity index is 2.14. The summed E-state index contributed by atoms with van der Waals surface area (Å²) in [5.74, 6) is 0.721. The molecule has 1 fully saturated rings. The number of hydrogen-bond acceptors (Lipinski definition) is 1. The molecular weight excluding hydrogens is 218 g/mol. The summed E-state index contributed by atoms with van der Waals surface area (Å²) in [6, 6.07) is 10.0. The summed E-state index contributed by atoms with van der Waals surface area (Å²) in [6.07, 6.45) is 8.02. The Morgan fingerprint density at radius 3 is 2.39 bits per heavy atom. The van der Waals surface area contributed by atoms with Gasteiger partial charge in [-0.05, 0) is 42.9 Å². The first-order valence-corrected chi connectivity index (χ1v) is 7.67. The maximum absolute atomic E-state index is 3.70. The molecule has 0 aromatic heterocycles. The molecule has 1 nitrogen and oxygen atoms in total. The molecule has 1 aliphatic carbocycles. The van der Waals surface area contributed by atoms with E-state index < -0.39 is 0 Å². The Hall–Kier alpha value is -0.820. The second-order valence-electron chi connectivity index (χ2n) is 5.50. The Labute approximate surface area is 112 Å². The first-order chi connectivity index (χ1) is 8.85. The van der Waals surface area contributed by atoms with E-state index in [9.17, 15) is 0 Å². The van der Waals surface area contributed by atoms with Gasteiger partial charge in [-0.1, -0.05) is 57.4 Å². The standard InChI is InChI=1S/C17H27N/c1-3-14-10-12-15(13-11-14)16-8-6-5-7-9-17(16)18-4-2/h10-13,16-18H,3-9H2,1-2H3. The average molecular weight is 245 g/mol. The summed E-state index contributed by atoms with van der Waals surface area (Å²) in [5, 5.41) is 3.70. The predicted molar refractivity (Wildman–Crippen MR) is 79.1 cm³/mol. The van der Waals surface area contributed by atoms with Gasteiger partial charge in [0.05, 0.1) is 0 Å². The quantitative estimate of drug-likeness (QED) is 0.781. The average Bonchev–Trinajstić information content (AvgIpc) is 2.65. The highest BCUT2D eigenvalue weighted by molar-refractivity contribution is 5.26. The van der Waals surface area contributed by atoms with Crippen LogP contribution in [0.15, 0.2) is 24.3 Å². The second kappa shape index (κ2) is 6.94. The molecule has 0 spiro atoms. The van der Waals surface area contributed by atoms with Gasteiger partial charge in [-0.15, -0.1) is 0 Å². The highest BCUT2D eigenvalue weighted by atomic mass is 14.9. The zero-order valence-electron chi connectivity index (χ0n) is 11.9. The van der Waals surface area contributed by atoms with Crippen molar-refractivity contribution in [3.05, 3.63) is 35.4 Å². The summed E-state index contributed by atoms with van der Waals surface area (Å²) in [4.78, 5) is 0. The first-order valence-electron chi connectivity index (χ1n) is 7.67. The fourth-order valence-corrected chi connectivity index (χ4v) is 3.21. The minimum atomic E-state index is 0.685. The van der Waals surface area contributed by atoms with E-state index in [1.807, 2.05) is 0 Å². The molecule has 1 aromatic carbocycles. The number of likely N-dealkylation sites (N-methyl/N-ethyl adjacent to an activating group) is 1. The van der Waals surface area contributed by atoms with Crippen molar-refractivity contribution in [2.45, 2.75) is 64.3 Å². The van der Waals surface area contributed by atoms with Crippen molar-refractivity contribution in [1.82, 2.24) is 5.32 Å². The summed E-state index contributed by atoms with van der Waals surface area (Å²) in [6.45, 7) is 5.54. The van der Waals surface area contributed by atoms with E-state index in [2.05, 4.69) is 43.4 Å². The van der Waals surface area contributed by atoms with Gasteiger partial charge >= 0.3 is 0 Å². The SMILES string of the molecule is CCNC1CCCCCC1c1ccc(CC)cc1. The van der Waals surface area contributed by atoms with E-state index in [-0.39, 0.29) is 0 Å². The van der Waals surface area contributed by atoms with Crippen LogP contribution >= 0.6 is 0 Å². The van der Waals surface area contributed by atoms with Gasteiger partial charge in [-0.3, -0.25) is 0 Å². The van der Waals surface area contributed by atoms with Crippen LogP contribution in [0.1, 0.15) is 63.0 Å². The molecule has 1 saturated carbocycles. The van der Waals surface area contributed by atoms with Crippen molar-refractivity contribution >= 4 is 0 Å². The molecule has 0 amide bonds. The second-order valence-corrected chi connectivity index (χ2v) is 5.50. The zero-order valence-corrected chi connectivity index (χ0v) is 11.9. The molecule has 18 heavy (non-hydrogen) atoms. The third-order valence-corrected chi connectivity index (χ3v) is 4.30. The third-order valence-electron chi connectivity index (χ3n) is 4.30. The van der Waals surface area contributed by atoms with Crippen molar-refractivity contribution in [2.24, 2.45) is 0 Å². The van der Waals surface area contributed by atoms with Gasteiger partial charge in [0.25, 0.3) is 0 Å². The molecule has 1 aliphatic rings. The minimum absolute atomic E-state index is 0.685. The number of aryl methyl sites for hydroxylation is 1. The van der Waals surface area contributed by atoms with Gasteiger partial charge < -0.3 is 5.32 Å². The predicted octanol–water partition coefficient (Wildman–Crippen LogP) is 4.27. The number of rotatable bonds is 4. The molecule has 100 valence electrons. The van der Waals surface area contributed by atoms with Gasteiger partial charge in [0.15, 0.2) is 0 Å². The van der Waals surface area contributed by atoms with Crippen molar-refractivity contribution in [3.8, 4) is 0 Å². The van der Waals surface area contributed by atoms with E-state index in [1.165, 1.54) is 37.7 Å². The molecule has 2 unspecified atom stereocenters. The lowest BCUT2D eigenvalue weighted by atomic mass is 9.87. The van der Waals surface area contributed by atoms with Gasteiger partial charge in [0, 0.05) is 6.04 Å². The fraction of sp³-hybridized carbons (Fsp3) is 0.647. The van der Waals surface area contributed by atoms with Gasteiger partial charge in [-0.25, -0.2) is 0 Å². The monoisotopic (exact) mass is 245 g/mol. The molecule has 1 heteroatoms. The van der Waals surface area contributed by atoms with Crippen LogP contribution in [0.25, 0.3) is 0 Å². The van der Waals surface area contributed by atoms with E-state index in [0.29, 0.717) is 6.04 Å². The molecule has 0 saturated heterocycles. The lowest BCUT2D eigenvalue weighted by Crippen LogP contribution is -2.34. The Morgan fingerprint density at radius 2 is 1.72 bits per heavy atom. The van der Waals surface area contributed by atoms with Crippen LogP contribution in [0.4, 0.5) is 0 Å². The van der Waals surface area contributed by atoms with E-state index >= 15 is 0 Å². The summed E-state index contributed by atoms with van der Waals surface area (Å²) in [7, 11) is 0. The maximum atomic E-state index is 3.70. The van der Waals surface area contributed by atoms with Crippen molar-refractivity contribution < 1.29 is 0 Å². The molecular formula is C17H27N. The number of hydrogen-bond donors (Lipinski definition) is 1. The molecule has 0 radical (unpaired) electrons. The lowest BCUT2D eigenvalue weighted by Gasteiger charge is -2.26. The highest BCUT2D eigenvalue weighted by Gasteiger charge is 2.24. The molecule has 0 aliphatic heterocycles. The summed E-state index contributed by atoms with van der Waals surface area (Å²) in [5.41, 5.74) is 2.99. The number of benzene rings is 1. The minimum Gasteiger partial charge on any atom is -0.314 e. The van der Waals surface area contributed by atoms with E-state index in [4.69, 9.17) is 0 Å². The van der Waals surface area contributed by atoms with E-state index in [1.54, 1.807) is 5.56 Å². The van der Waals surface area contributed by atoms with Crippen LogP contribution in [0, 0.1) is 0 Å². The molecule has 1 N–H and O–H groups in total. The van der Waals surface area contributed by atoms with Crippen LogP contribution in [0.3, 0.4) is 0 Å². The Kier molecular flexibility index (Phi) is 5.25. The maximum Gasteiger partial charge on any atom is 0.0136 e.